The normalized spacial score (nSPS) is 16.0. The summed E-state index contributed by atoms with van der Waals surface area (Å²) >= 11 is 0. The minimum absolute atomic E-state index is 0. The fourth-order valence-corrected chi connectivity index (χ4v) is 1.83. The van der Waals surface area contributed by atoms with E-state index in [1.54, 1.807) is 12.1 Å². The van der Waals surface area contributed by atoms with Gasteiger partial charge in [0.05, 0.1) is 5.69 Å². The molecule has 98 valence electrons. The molecule has 0 atom stereocenters. The maximum absolute atomic E-state index is 13.6. The minimum atomic E-state index is -0.223. The monoisotopic (exact) mass is 281 g/mol. The molecule has 1 saturated heterocycles. The molecular weight excluding hydrogens is 264 g/mol. The van der Waals surface area contributed by atoms with Crippen molar-refractivity contribution in [3.63, 3.8) is 0 Å². The molecule has 0 amide bonds. The van der Waals surface area contributed by atoms with E-state index in [1.807, 2.05) is 0 Å². The number of rotatable bonds is 1. The number of hydrogen-bond acceptors (Lipinski definition) is 3. The molecule has 2 N–H and O–H groups in total. The number of anilines is 2. The van der Waals surface area contributed by atoms with E-state index in [0.717, 1.165) is 26.2 Å². The largest absolute Gasteiger partial charge is 0.399 e. The van der Waals surface area contributed by atoms with Gasteiger partial charge in [-0.15, -0.1) is 24.8 Å². The van der Waals surface area contributed by atoms with E-state index >= 15 is 0 Å². The molecule has 1 aromatic carbocycles. The average Bonchev–Trinajstić information content (AvgIpc) is 2.20. The molecule has 3 nitrogen and oxygen atoms in total. The molecule has 17 heavy (non-hydrogen) atoms. The third-order valence-corrected chi connectivity index (χ3v) is 2.82. The molecule has 0 aliphatic carbocycles. The predicted octanol–water partition coefficient (Wildman–Crippen LogP) is 2.00. The summed E-state index contributed by atoms with van der Waals surface area (Å²) in [7, 11) is 2.08. The van der Waals surface area contributed by atoms with Crippen LogP contribution in [0.25, 0.3) is 0 Å². The Bertz CT molecular complexity index is 355. The number of benzene rings is 1. The Morgan fingerprint density at radius 2 is 1.71 bits per heavy atom. The van der Waals surface area contributed by atoms with Crippen molar-refractivity contribution >= 4 is 36.2 Å². The maximum Gasteiger partial charge on any atom is 0.148 e. The van der Waals surface area contributed by atoms with Gasteiger partial charge >= 0.3 is 0 Å². The highest BCUT2D eigenvalue weighted by molar-refractivity contribution is 5.85. The minimum Gasteiger partial charge on any atom is -0.399 e. The molecule has 0 aromatic heterocycles. The Morgan fingerprint density at radius 3 is 2.24 bits per heavy atom. The number of halogens is 3. The van der Waals surface area contributed by atoms with E-state index in [9.17, 15) is 4.39 Å². The Balaban J connectivity index is 0.00000128. The molecule has 1 aliphatic heterocycles. The average molecular weight is 282 g/mol. The highest BCUT2D eigenvalue weighted by Crippen LogP contribution is 2.22. The molecule has 0 unspecified atom stereocenters. The molecule has 1 aliphatic rings. The fraction of sp³-hybridized carbons (Fsp3) is 0.455. The molecule has 0 bridgehead atoms. The zero-order valence-electron chi connectivity index (χ0n) is 9.73. The lowest BCUT2D eigenvalue weighted by molar-refractivity contribution is 0.311. The third-order valence-electron chi connectivity index (χ3n) is 2.82. The lowest BCUT2D eigenvalue weighted by Gasteiger charge is -2.34. The second-order valence-corrected chi connectivity index (χ2v) is 4.00. The Kier molecular flexibility index (Phi) is 6.60. The fourth-order valence-electron chi connectivity index (χ4n) is 1.83. The quantitative estimate of drug-likeness (QED) is 0.800. The van der Waals surface area contributed by atoms with Crippen LogP contribution in [0.5, 0.6) is 0 Å². The van der Waals surface area contributed by atoms with Crippen molar-refractivity contribution in [2.75, 3.05) is 43.9 Å². The number of nitrogens with two attached hydrogens (primary N) is 1. The highest BCUT2D eigenvalue weighted by atomic mass is 35.5. The second kappa shape index (κ2) is 6.89. The molecule has 6 heteroatoms. The first-order valence-electron chi connectivity index (χ1n) is 5.15. The van der Waals surface area contributed by atoms with Crippen LogP contribution in [-0.2, 0) is 0 Å². The zero-order valence-corrected chi connectivity index (χ0v) is 11.4. The van der Waals surface area contributed by atoms with E-state index in [2.05, 4.69) is 16.8 Å². The van der Waals surface area contributed by atoms with Gasteiger partial charge in [0.25, 0.3) is 0 Å². The van der Waals surface area contributed by atoms with Gasteiger partial charge in [0.2, 0.25) is 0 Å². The van der Waals surface area contributed by atoms with Crippen molar-refractivity contribution in [3.05, 3.63) is 24.0 Å². The first kappa shape index (κ1) is 16.3. The van der Waals surface area contributed by atoms with Gasteiger partial charge < -0.3 is 15.5 Å². The van der Waals surface area contributed by atoms with Crippen molar-refractivity contribution in [2.45, 2.75) is 0 Å². The van der Waals surface area contributed by atoms with Gasteiger partial charge in [-0.2, -0.15) is 0 Å². The van der Waals surface area contributed by atoms with Crippen LogP contribution < -0.4 is 10.6 Å². The Labute approximate surface area is 114 Å². The lowest BCUT2D eigenvalue weighted by Crippen LogP contribution is -2.44. The lowest BCUT2D eigenvalue weighted by atomic mass is 10.2. The molecular formula is C11H18Cl2FN3. The van der Waals surface area contributed by atoms with Gasteiger partial charge in [-0.1, -0.05) is 0 Å². The number of likely N-dealkylation sites (N-methyl/N-ethyl adjacent to an activating group) is 1. The summed E-state index contributed by atoms with van der Waals surface area (Å²) in [6.07, 6.45) is 0. The van der Waals surface area contributed by atoms with Crippen LogP contribution in [0.4, 0.5) is 15.8 Å². The summed E-state index contributed by atoms with van der Waals surface area (Å²) in [6.45, 7) is 3.70. The van der Waals surface area contributed by atoms with Crippen molar-refractivity contribution in [2.24, 2.45) is 0 Å². The smallest absolute Gasteiger partial charge is 0.148 e. The van der Waals surface area contributed by atoms with Crippen molar-refractivity contribution < 1.29 is 4.39 Å². The second-order valence-electron chi connectivity index (χ2n) is 4.00. The Hall–Kier alpha value is -0.710. The summed E-state index contributed by atoms with van der Waals surface area (Å²) in [4.78, 5) is 4.31. The van der Waals surface area contributed by atoms with Crippen molar-refractivity contribution in [3.8, 4) is 0 Å². The van der Waals surface area contributed by atoms with Gasteiger partial charge in [-0.3, -0.25) is 0 Å². The van der Waals surface area contributed by atoms with E-state index in [-0.39, 0.29) is 30.6 Å². The van der Waals surface area contributed by atoms with Crippen LogP contribution in [0, 0.1) is 5.82 Å². The molecule has 1 aromatic rings. The number of hydrogen-bond donors (Lipinski definition) is 1. The first-order chi connectivity index (χ1) is 7.16. The molecule has 2 rings (SSSR count). The zero-order chi connectivity index (χ0) is 10.8. The molecule has 0 radical (unpaired) electrons. The number of nitrogen functional groups attached to an aromatic ring is 1. The van der Waals surface area contributed by atoms with Crippen LogP contribution in [0.3, 0.4) is 0 Å². The van der Waals surface area contributed by atoms with Gasteiger partial charge in [0.15, 0.2) is 0 Å². The molecule has 0 spiro atoms. The van der Waals surface area contributed by atoms with E-state index < -0.39 is 0 Å². The summed E-state index contributed by atoms with van der Waals surface area (Å²) in [5.41, 5.74) is 6.65. The number of piperazine rings is 1. The van der Waals surface area contributed by atoms with Gasteiger partial charge in [0.1, 0.15) is 5.82 Å². The standard InChI is InChI=1S/C11H16FN3.2ClH/c1-14-4-6-15(7-5-14)11-3-2-9(13)8-10(11)12;;/h2-3,8H,4-7,13H2,1H3;2*1H. The van der Waals surface area contributed by atoms with Crippen LogP contribution in [0.15, 0.2) is 18.2 Å². The molecule has 1 heterocycles. The maximum atomic E-state index is 13.6. The summed E-state index contributed by atoms with van der Waals surface area (Å²) in [5.74, 6) is -0.223. The van der Waals surface area contributed by atoms with Gasteiger partial charge in [0, 0.05) is 31.9 Å². The van der Waals surface area contributed by atoms with Crippen LogP contribution >= 0.6 is 24.8 Å². The van der Waals surface area contributed by atoms with E-state index in [0.29, 0.717) is 11.4 Å². The summed E-state index contributed by atoms with van der Waals surface area (Å²) in [6, 6.07) is 4.89. The Morgan fingerprint density at radius 1 is 1.12 bits per heavy atom. The third kappa shape index (κ3) is 3.91. The van der Waals surface area contributed by atoms with Crippen molar-refractivity contribution in [1.29, 1.82) is 0 Å². The first-order valence-corrected chi connectivity index (χ1v) is 5.15. The SMILES string of the molecule is CN1CCN(c2ccc(N)cc2F)CC1.Cl.Cl. The summed E-state index contributed by atoms with van der Waals surface area (Å²) < 4.78 is 13.6. The van der Waals surface area contributed by atoms with Crippen molar-refractivity contribution in [1.82, 2.24) is 4.90 Å². The molecule has 1 fully saturated rings. The summed E-state index contributed by atoms with van der Waals surface area (Å²) in [5, 5.41) is 0. The predicted molar refractivity (Wildman–Crippen MR) is 75.0 cm³/mol. The van der Waals surface area contributed by atoms with E-state index in [4.69, 9.17) is 5.73 Å². The van der Waals surface area contributed by atoms with Gasteiger partial charge in [-0.25, -0.2) is 4.39 Å². The van der Waals surface area contributed by atoms with Crippen LogP contribution in [0.2, 0.25) is 0 Å². The molecule has 0 saturated carbocycles. The topological polar surface area (TPSA) is 32.5 Å². The highest BCUT2D eigenvalue weighted by Gasteiger charge is 2.16. The van der Waals surface area contributed by atoms with E-state index in [1.165, 1.54) is 6.07 Å². The van der Waals surface area contributed by atoms with Gasteiger partial charge in [-0.05, 0) is 25.2 Å². The van der Waals surface area contributed by atoms with Crippen LogP contribution in [0.1, 0.15) is 0 Å². The van der Waals surface area contributed by atoms with Crippen LogP contribution in [-0.4, -0.2) is 38.1 Å². The number of nitrogens with zero attached hydrogens (tertiary/aromatic N) is 2.